The Morgan fingerprint density at radius 1 is 1.24 bits per heavy atom. The zero-order chi connectivity index (χ0) is 14.8. The van der Waals surface area contributed by atoms with Crippen molar-refractivity contribution in [3.05, 3.63) is 40.9 Å². The van der Waals surface area contributed by atoms with Gasteiger partial charge in [0.1, 0.15) is 0 Å². The van der Waals surface area contributed by atoms with E-state index in [4.69, 9.17) is 0 Å². The van der Waals surface area contributed by atoms with Crippen LogP contribution < -0.4 is 5.32 Å². The third-order valence-corrected chi connectivity index (χ3v) is 5.13. The Morgan fingerprint density at radius 3 is 2.81 bits per heavy atom. The van der Waals surface area contributed by atoms with E-state index >= 15 is 0 Å². The van der Waals surface area contributed by atoms with Gasteiger partial charge >= 0.3 is 0 Å². The smallest absolute Gasteiger partial charge is 0.161 e. The number of nitrogens with zero attached hydrogens (tertiary/aromatic N) is 1. The largest absolute Gasteiger partial charge is 0.335 e. The fourth-order valence-corrected chi connectivity index (χ4v) is 4.20. The monoisotopic (exact) mass is 362 g/mol. The number of hydrogen-bond acceptors (Lipinski definition) is 3. The molecule has 0 aromatic heterocycles. The second kappa shape index (κ2) is 6.41. The normalized spacial score (nSPS) is 18.3. The average Bonchev–Trinajstić information content (AvgIpc) is 2.85. The molecule has 0 radical (unpaired) electrons. The van der Waals surface area contributed by atoms with Crippen molar-refractivity contribution in [3.63, 3.8) is 0 Å². The minimum Gasteiger partial charge on any atom is -0.335 e. The predicted octanol–water partition coefficient (Wildman–Crippen LogP) is 5.53. The predicted molar refractivity (Wildman–Crippen MR) is 98.4 cm³/mol. The van der Waals surface area contributed by atoms with Gasteiger partial charge in [0.05, 0.1) is 6.54 Å². The molecule has 1 atom stereocenters. The molecule has 2 nitrogen and oxygen atoms in total. The van der Waals surface area contributed by atoms with Crippen molar-refractivity contribution in [2.75, 3.05) is 11.9 Å². The van der Waals surface area contributed by atoms with Gasteiger partial charge in [-0.3, -0.25) is 4.99 Å². The van der Waals surface area contributed by atoms with E-state index in [1.165, 1.54) is 17.2 Å². The van der Waals surface area contributed by atoms with Crippen LogP contribution in [-0.2, 0) is 0 Å². The summed E-state index contributed by atoms with van der Waals surface area (Å²) in [5.41, 5.74) is 1.11. The third kappa shape index (κ3) is 3.80. The van der Waals surface area contributed by atoms with Crippen LogP contribution in [0.3, 0.4) is 0 Å². The Hall–Kier alpha value is -1.00. The van der Waals surface area contributed by atoms with E-state index in [-0.39, 0.29) is 0 Å². The Morgan fingerprint density at radius 2 is 2.00 bits per heavy atom. The van der Waals surface area contributed by atoms with E-state index in [2.05, 4.69) is 76.5 Å². The number of anilines is 1. The first-order valence-electron chi connectivity index (χ1n) is 7.27. The highest BCUT2D eigenvalue weighted by Crippen LogP contribution is 2.28. The summed E-state index contributed by atoms with van der Waals surface area (Å²) in [6.07, 6.45) is 1.23. The number of rotatable bonds is 3. The molecule has 21 heavy (non-hydrogen) atoms. The number of halogens is 1. The summed E-state index contributed by atoms with van der Waals surface area (Å²) in [7, 11) is 0. The van der Waals surface area contributed by atoms with Crippen LogP contribution in [-0.4, -0.2) is 17.0 Å². The number of aliphatic imine (C=N–C) groups is 1. The lowest BCUT2D eigenvalue weighted by Gasteiger charge is -2.11. The molecule has 0 bridgehead atoms. The van der Waals surface area contributed by atoms with E-state index in [0.717, 1.165) is 27.8 Å². The number of amidine groups is 1. The topological polar surface area (TPSA) is 24.4 Å². The molecule has 1 aliphatic rings. The van der Waals surface area contributed by atoms with Crippen LogP contribution >= 0.6 is 27.7 Å². The molecule has 1 unspecified atom stereocenters. The Balaban J connectivity index is 1.70. The first-order valence-corrected chi connectivity index (χ1v) is 8.95. The summed E-state index contributed by atoms with van der Waals surface area (Å²) in [6, 6.07) is 12.8. The van der Waals surface area contributed by atoms with E-state index in [0.29, 0.717) is 5.25 Å². The lowest BCUT2D eigenvalue weighted by molar-refractivity contribution is 0.575. The van der Waals surface area contributed by atoms with Gasteiger partial charge in [0.25, 0.3) is 0 Å². The van der Waals surface area contributed by atoms with Crippen molar-refractivity contribution < 1.29 is 0 Å². The van der Waals surface area contributed by atoms with Crippen LogP contribution in [0, 0.1) is 5.92 Å². The molecule has 1 N–H and O–H groups in total. The summed E-state index contributed by atoms with van der Waals surface area (Å²) in [6.45, 7) is 5.48. The standard InChI is InChI=1S/C17H19BrN2S/c1-11(2)7-16-10-19-17(21-16)20-15-6-4-12-8-14(18)5-3-13(12)9-15/h3-6,8-9,11,16H,7,10H2,1-2H3,(H,19,20). The Kier molecular flexibility index (Phi) is 4.55. The van der Waals surface area contributed by atoms with Crippen LogP contribution in [0.5, 0.6) is 0 Å². The van der Waals surface area contributed by atoms with Gasteiger partial charge in [0.15, 0.2) is 5.17 Å². The number of hydrogen-bond donors (Lipinski definition) is 1. The summed E-state index contributed by atoms with van der Waals surface area (Å²) in [5.74, 6) is 0.733. The number of thioether (sulfide) groups is 1. The molecule has 0 amide bonds. The number of nitrogens with one attached hydrogen (secondary N) is 1. The van der Waals surface area contributed by atoms with E-state index < -0.39 is 0 Å². The van der Waals surface area contributed by atoms with Crippen molar-refractivity contribution in [2.24, 2.45) is 10.9 Å². The van der Waals surface area contributed by atoms with Gasteiger partial charge in [0, 0.05) is 15.4 Å². The molecule has 0 spiro atoms. The van der Waals surface area contributed by atoms with Gasteiger partial charge in [-0.05, 0) is 47.4 Å². The minimum atomic E-state index is 0.629. The molecule has 0 saturated carbocycles. The summed E-state index contributed by atoms with van der Waals surface area (Å²) in [5, 5.41) is 7.62. The van der Waals surface area contributed by atoms with Gasteiger partial charge in [0.2, 0.25) is 0 Å². The molecule has 3 rings (SSSR count). The molecule has 1 heterocycles. The first kappa shape index (κ1) is 14.9. The van der Waals surface area contributed by atoms with Crippen LogP contribution in [0.1, 0.15) is 20.3 Å². The second-order valence-corrected chi connectivity index (χ2v) is 8.05. The van der Waals surface area contributed by atoms with Crippen molar-refractivity contribution in [1.82, 2.24) is 0 Å². The first-order chi connectivity index (χ1) is 10.1. The van der Waals surface area contributed by atoms with Gasteiger partial charge in [-0.1, -0.05) is 53.7 Å². The molecule has 0 aliphatic carbocycles. The fraction of sp³-hybridized carbons (Fsp3) is 0.353. The summed E-state index contributed by atoms with van der Waals surface area (Å²) >= 11 is 5.38. The molecule has 1 aliphatic heterocycles. The highest BCUT2D eigenvalue weighted by Gasteiger charge is 2.20. The summed E-state index contributed by atoms with van der Waals surface area (Å²) in [4.78, 5) is 4.62. The average molecular weight is 363 g/mol. The molecular formula is C17H19BrN2S. The zero-order valence-corrected chi connectivity index (χ0v) is 14.7. The lowest BCUT2D eigenvalue weighted by Crippen LogP contribution is -2.09. The molecule has 4 heteroatoms. The highest BCUT2D eigenvalue weighted by molar-refractivity contribution is 9.10. The SMILES string of the molecule is CC(C)CC1CN=C(Nc2ccc3cc(Br)ccc3c2)S1. The van der Waals surface area contributed by atoms with E-state index in [1.54, 1.807) is 0 Å². The van der Waals surface area contributed by atoms with Crippen LogP contribution in [0.4, 0.5) is 5.69 Å². The highest BCUT2D eigenvalue weighted by atomic mass is 79.9. The molecular weight excluding hydrogens is 344 g/mol. The molecule has 2 aromatic carbocycles. The van der Waals surface area contributed by atoms with Crippen molar-refractivity contribution in [2.45, 2.75) is 25.5 Å². The quantitative estimate of drug-likeness (QED) is 0.775. The van der Waals surface area contributed by atoms with Crippen molar-refractivity contribution in [3.8, 4) is 0 Å². The number of benzene rings is 2. The zero-order valence-electron chi connectivity index (χ0n) is 12.3. The molecule has 2 aromatic rings. The van der Waals surface area contributed by atoms with Crippen molar-refractivity contribution in [1.29, 1.82) is 0 Å². The van der Waals surface area contributed by atoms with Gasteiger partial charge in [-0.25, -0.2) is 0 Å². The van der Waals surface area contributed by atoms with Gasteiger partial charge < -0.3 is 5.32 Å². The maximum atomic E-state index is 4.62. The minimum absolute atomic E-state index is 0.629. The maximum Gasteiger partial charge on any atom is 0.161 e. The van der Waals surface area contributed by atoms with Crippen LogP contribution in [0.2, 0.25) is 0 Å². The molecule has 0 saturated heterocycles. The number of fused-ring (bicyclic) bond motifs is 1. The van der Waals surface area contributed by atoms with Gasteiger partial charge in [-0.15, -0.1) is 0 Å². The van der Waals surface area contributed by atoms with Gasteiger partial charge in [-0.2, -0.15) is 0 Å². The van der Waals surface area contributed by atoms with E-state index in [1.807, 2.05) is 11.8 Å². The lowest BCUT2D eigenvalue weighted by atomic mass is 10.1. The third-order valence-electron chi connectivity index (χ3n) is 3.50. The van der Waals surface area contributed by atoms with Crippen LogP contribution in [0.25, 0.3) is 10.8 Å². The summed E-state index contributed by atoms with van der Waals surface area (Å²) < 4.78 is 1.11. The maximum absolute atomic E-state index is 4.62. The fourth-order valence-electron chi connectivity index (χ4n) is 2.55. The Labute approximate surface area is 138 Å². The van der Waals surface area contributed by atoms with E-state index in [9.17, 15) is 0 Å². The van der Waals surface area contributed by atoms with Crippen molar-refractivity contribution >= 4 is 49.3 Å². The van der Waals surface area contributed by atoms with Crippen LogP contribution in [0.15, 0.2) is 45.9 Å². The molecule has 110 valence electrons. The molecule has 0 fully saturated rings. The Bertz CT molecular complexity index is 682. The second-order valence-electron chi connectivity index (χ2n) is 5.85.